The molecule has 1 N–H and O–H groups in total. The summed E-state index contributed by atoms with van der Waals surface area (Å²) in [4.78, 5) is 18.1. The Morgan fingerprint density at radius 2 is 2.39 bits per heavy atom. The number of hydrogen-bond donors (Lipinski definition) is 1. The number of thiophene rings is 1. The number of carboxylic acids is 1. The van der Waals surface area contributed by atoms with Gasteiger partial charge < -0.3 is 5.11 Å². The summed E-state index contributed by atoms with van der Waals surface area (Å²) in [6, 6.07) is 4.05. The van der Waals surface area contributed by atoms with E-state index in [1.54, 1.807) is 28.9 Å². The molecule has 0 saturated carbocycles. The van der Waals surface area contributed by atoms with Crippen LogP contribution in [0.25, 0.3) is 15.5 Å². The van der Waals surface area contributed by atoms with Crippen LogP contribution in [0.15, 0.2) is 29.9 Å². The van der Waals surface area contributed by atoms with Crippen molar-refractivity contribution < 1.29 is 9.90 Å². The van der Waals surface area contributed by atoms with Gasteiger partial charge in [-0.2, -0.15) is 0 Å². The van der Waals surface area contributed by atoms with Gasteiger partial charge in [0.1, 0.15) is 0 Å². The first-order valence-electron chi connectivity index (χ1n) is 5.46. The molecule has 6 heteroatoms. The smallest absolute Gasteiger partial charge is 0.303 e. The van der Waals surface area contributed by atoms with Gasteiger partial charge in [-0.1, -0.05) is 6.07 Å². The summed E-state index contributed by atoms with van der Waals surface area (Å²) in [7, 11) is 0. The third-order valence-corrected chi connectivity index (χ3v) is 4.65. The lowest BCUT2D eigenvalue weighted by molar-refractivity contribution is -0.136. The molecule has 0 aliphatic heterocycles. The maximum Gasteiger partial charge on any atom is 0.303 e. The Morgan fingerprint density at radius 1 is 1.50 bits per heavy atom. The van der Waals surface area contributed by atoms with Crippen molar-refractivity contribution in [2.45, 2.75) is 12.8 Å². The Morgan fingerprint density at radius 3 is 3.11 bits per heavy atom. The Balaban J connectivity index is 2.09. The third-order valence-electron chi connectivity index (χ3n) is 2.65. The van der Waals surface area contributed by atoms with E-state index in [-0.39, 0.29) is 6.42 Å². The summed E-state index contributed by atoms with van der Waals surface area (Å²) in [5, 5.41) is 10.8. The highest BCUT2D eigenvalue weighted by atomic mass is 32.1. The summed E-state index contributed by atoms with van der Waals surface area (Å²) in [5.74, 6) is -0.766. The molecule has 0 atom stereocenters. The third kappa shape index (κ3) is 1.93. The van der Waals surface area contributed by atoms with Crippen molar-refractivity contribution in [3.05, 3.63) is 34.8 Å². The molecule has 0 spiro atoms. The fraction of sp³-hybridized carbons (Fsp3) is 0.167. The number of nitrogens with zero attached hydrogens (tertiary/aromatic N) is 2. The van der Waals surface area contributed by atoms with Gasteiger partial charge in [0.05, 0.1) is 17.0 Å². The first kappa shape index (κ1) is 11.4. The number of rotatable bonds is 4. The summed E-state index contributed by atoms with van der Waals surface area (Å²) in [6.45, 7) is 0. The second-order valence-electron chi connectivity index (χ2n) is 3.82. The maximum absolute atomic E-state index is 10.7. The summed E-state index contributed by atoms with van der Waals surface area (Å²) in [6.07, 6.45) is 4.40. The van der Waals surface area contributed by atoms with Gasteiger partial charge in [0, 0.05) is 17.3 Å². The van der Waals surface area contributed by atoms with E-state index in [9.17, 15) is 4.79 Å². The number of aliphatic carboxylic acids is 1. The van der Waals surface area contributed by atoms with Gasteiger partial charge >= 0.3 is 5.97 Å². The maximum atomic E-state index is 10.7. The molecule has 18 heavy (non-hydrogen) atoms. The lowest BCUT2D eigenvalue weighted by Gasteiger charge is -2.00. The second-order valence-corrected chi connectivity index (χ2v) is 5.83. The van der Waals surface area contributed by atoms with Crippen molar-refractivity contribution in [1.29, 1.82) is 0 Å². The fourth-order valence-electron chi connectivity index (χ4n) is 1.89. The molecular formula is C12H10N2O2S2. The monoisotopic (exact) mass is 278 g/mol. The van der Waals surface area contributed by atoms with E-state index in [1.807, 2.05) is 22.0 Å². The number of aryl methyl sites for hydroxylation is 1. The van der Waals surface area contributed by atoms with E-state index in [0.29, 0.717) is 6.42 Å². The molecule has 0 unspecified atom stereocenters. The van der Waals surface area contributed by atoms with E-state index < -0.39 is 5.97 Å². The quantitative estimate of drug-likeness (QED) is 0.797. The molecule has 3 rings (SSSR count). The number of thiazole rings is 1. The van der Waals surface area contributed by atoms with Crippen molar-refractivity contribution in [2.24, 2.45) is 0 Å². The second kappa shape index (κ2) is 4.55. The molecule has 3 aromatic rings. The number of fused-ring (bicyclic) bond motifs is 1. The number of aromatic nitrogens is 2. The molecule has 0 saturated heterocycles. The molecule has 3 aromatic heterocycles. The first-order chi connectivity index (χ1) is 8.75. The van der Waals surface area contributed by atoms with Crippen LogP contribution in [0.1, 0.15) is 11.3 Å². The number of hydrogen-bond acceptors (Lipinski definition) is 4. The van der Waals surface area contributed by atoms with Crippen LogP contribution >= 0.6 is 22.7 Å². The van der Waals surface area contributed by atoms with Crippen molar-refractivity contribution in [3.63, 3.8) is 0 Å². The predicted molar refractivity (Wildman–Crippen MR) is 72.3 cm³/mol. The molecule has 0 aromatic carbocycles. The standard InChI is InChI=1S/C12H10N2O2S2/c15-10(16)4-3-9-11(8-2-1-7-17-8)14-6-5-13-12(14)18-9/h1-2,5-7H,3-4H2,(H,15,16). The van der Waals surface area contributed by atoms with Crippen molar-refractivity contribution in [1.82, 2.24) is 9.38 Å². The highest BCUT2D eigenvalue weighted by molar-refractivity contribution is 7.18. The minimum absolute atomic E-state index is 0.155. The van der Waals surface area contributed by atoms with Crippen LogP contribution in [0.4, 0.5) is 0 Å². The number of imidazole rings is 1. The number of carboxylic acid groups (broad SMARTS) is 1. The van der Waals surface area contributed by atoms with Gasteiger partial charge in [-0.15, -0.1) is 22.7 Å². The molecule has 0 radical (unpaired) electrons. The SMILES string of the molecule is O=C(O)CCc1sc2nccn2c1-c1cccs1. The van der Waals surface area contributed by atoms with Crippen LogP contribution in [0.5, 0.6) is 0 Å². The zero-order valence-corrected chi connectivity index (χ0v) is 11.0. The van der Waals surface area contributed by atoms with Crippen LogP contribution < -0.4 is 0 Å². The van der Waals surface area contributed by atoms with Crippen molar-refractivity contribution >= 4 is 33.6 Å². The molecule has 4 nitrogen and oxygen atoms in total. The van der Waals surface area contributed by atoms with E-state index in [4.69, 9.17) is 5.11 Å². The summed E-state index contributed by atoms with van der Waals surface area (Å²) in [5.41, 5.74) is 1.09. The summed E-state index contributed by atoms with van der Waals surface area (Å²) < 4.78 is 2.04. The Kier molecular flexibility index (Phi) is 2.89. The molecule has 3 heterocycles. The topological polar surface area (TPSA) is 54.6 Å². The first-order valence-corrected chi connectivity index (χ1v) is 7.15. The van der Waals surface area contributed by atoms with E-state index >= 15 is 0 Å². The van der Waals surface area contributed by atoms with Crippen LogP contribution in [0, 0.1) is 0 Å². The summed E-state index contributed by atoms with van der Waals surface area (Å²) >= 11 is 3.22. The molecule has 0 bridgehead atoms. The molecule has 92 valence electrons. The average Bonchev–Trinajstić information content (AvgIpc) is 3.01. The highest BCUT2D eigenvalue weighted by Gasteiger charge is 2.16. The van der Waals surface area contributed by atoms with E-state index in [2.05, 4.69) is 11.1 Å². The fourth-order valence-corrected chi connectivity index (χ4v) is 3.84. The lowest BCUT2D eigenvalue weighted by Crippen LogP contribution is -1.97. The van der Waals surface area contributed by atoms with Crippen LogP contribution in [0.3, 0.4) is 0 Å². The van der Waals surface area contributed by atoms with Crippen molar-refractivity contribution in [2.75, 3.05) is 0 Å². The predicted octanol–water partition coefficient (Wildman–Crippen LogP) is 3.14. The van der Waals surface area contributed by atoms with Gasteiger partial charge in [0.15, 0.2) is 4.96 Å². The Hall–Kier alpha value is -1.66. The van der Waals surface area contributed by atoms with Gasteiger partial charge in [-0.3, -0.25) is 9.20 Å². The molecule has 0 aliphatic carbocycles. The van der Waals surface area contributed by atoms with E-state index in [0.717, 1.165) is 20.4 Å². The Bertz CT molecular complexity index is 682. The van der Waals surface area contributed by atoms with Crippen LogP contribution in [0.2, 0.25) is 0 Å². The molecule has 0 fully saturated rings. The minimum atomic E-state index is -0.766. The molecular weight excluding hydrogens is 268 g/mol. The van der Waals surface area contributed by atoms with Gasteiger partial charge in [0.2, 0.25) is 0 Å². The zero-order chi connectivity index (χ0) is 12.5. The van der Waals surface area contributed by atoms with Crippen molar-refractivity contribution in [3.8, 4) is 10.6 Å². The highest BCUT2D eigenvalue weighted by Crippen LogP contribution is 2.34. The van der Waals surface area contributed by atoms with Gasteiger partial charge in [-0.25, -0.2) is 4.98 Å². The normalized spacial score (nSPS) is 11.1. The average molecular weight is 278 g/mol. The number of carbonyl (C=O) groups is 1. The Labute approximate surface area is 111 Å². The molecule has 0 aliphatic rings. The van der Waals surface area contributed by atoms with E-state index in [1.165, 1.54) is 0 Å². The van der Waals surface area contributed by atoms with Gasteiger partial charge in [0.25, 0.3) is 0 Å². The largest absolute Gasteiger partial charge is 0.481 e. The zero-order valence-electron chi connectivity index (χ0n) is 9.37. The van der Waals surface area contributed by atoms with Gasteiger partial charge in [-0.05, 0) is 17.9 Å². The molecule has 0 amide bonds. The van der Waals surface area contributed by atoms with Crippen LogP contribution in [-0.2, 0) is 11.2 Å². The lowest BCUT2D eigenvalue weighted by atomic mass is 10.2. The van der Waals surface area contributed by atoms with Crippen LogP contribution in [-0.4, -0.2) is 20.5 Å². The minimum Gasteiger partial charge on any atom is -0.481 e.